The lowest BCUT2D eigenvalue weighted by molar-refractivity contribution is 0.203. The smallest absolute Gasteiger partial charge is 0.411 e. The van der Waals surface area contributed by atoms with Gasteiger partial charge in [-0.05, 0) is 17.7 Å². The quantitative estimate of drug-likeness (QED) is 0.902. The first kappa shape index (κ1) is 12.6. The molecule has 0 atom stereocenters. The van der Waals surface area contributed by atoms with Crippen molar-refractivity contribution in [3.63, 3.8) is 0 Å². The van der Waals surface area contributed by atoms with Crippen molar-refractivity contribution in [2.75, 3.05) is 11.9 Å². The Bertz CT molecular complexity index is 584. The van der Waals surface area contributed by atoms with Crippen LogP contribution in [0.2, 0.25) is 0 Å². The fourth-order valence-corrected chi connectivity index (χ4v) is 2.27. The van der Waals surface area contributed by atoms with Crippen molar-refractivity contribution in [1.29, 1.82) is 0 Å². The van der Waals surface area contributed by atoms with Crippen molar-refractivity contribution in [1.82, 2.24) is 0 Å². The summed E-state index contributed by atoms with van der Waals surface area (Å²) in [6.07, 6.45) is -0.977. The van der Waals surface area contributed by atoms with E-state index in [4.69, 9.17) is 5.11 Å². The van der Waals surface area contributed by atoms with Gasteiger partial charge in [-0.3, -0.25) is 4.90 Å². The first-order valence-corrected chi connectivity index (χ1v) is 6.21. The average molecular weight is 306 g/mol. The minimum absolute atomic E-state index is 0.664. The standard InChI is InChI=1S/C14H12BrNO2/c1-16(14(17)18)13-9-5-3-7-11(13)10-6-2-4-8-12(10)15/h2-9H,1H3,(H,17,18). The van der Waals surface area contributed by atoms with Crippen LogP contribution in [0.3, 0.4) is 0 Å². The van der Waals surface area contributed by atoms with Crippen LogP contribution in [-0.4, -0.2) is 18.2 Å². The summed E-state index contributed by atoms with van der Waals surface area (Å²) in [4.78, 5) is 12.3. The Morgan fingerprint density at radius 3 is 2.22 bits per heavy atom. The molecular formula is C14H12BrNO2. The predicted molar refractivity (Wildman–Crippen MR) is 76.0 cm³/mol. The van der Waals surface area contributed by atoms with Gasteiger partial charge in [0.2, 0.25) is 0 Å². The Kier molecular flexibility index (Phi) is 3.67. The molecule has 0 aliphatic rings. The molecule has 0 aromatic heterocycles. The molecule has 0 radical (unpaired) electrons. The molecule has 1 N–H and O–H groups in total. The summed E-state index contributed by atoms with van der Waals surface area (Å²) < 4.78 is 0.941. The molecule has 92 valence electrons. The second-order valence-electron chi connectivity index (χ2n) is 3.84. The van der Waals surface area contributed by atoms with E-state index in [9.17, 15) is 4.79 Å². The summed E-state index contributed by atoms with van der Waals surface area (Å²) in [7, 11) is 1.54. The van der Waals surface area contributed by atoms with Crippen LogP contribution in [-0.2, 0) is 0 Å². The lowest BCUT2D eigenvalue weighted by Gasteiger charge is -2.18. The van der Waals surface area contributed by atoms with Crippen LogP contribution in [0.5, 0.6) is 0 Å². The van der Waals surface area contributed by atoms with Gasteiger partial charge in [-0.15, -0.1) is 0 Å². The van der Waals surface area contributed by atoms with E-state index >= 15 is 0 Å². The van der Waals surface area contributed by atoms with Crippen molar-refractivity contribution >= 4 is 27.7 Å². The van der Waals surface area contributed by atoms with Crippen molar-refractivity contribution in [2.45, 2.75) is 0 Å². The van der Waals surface area contributed by atoms with Crippen molar-refractivity contribution in [3.8, 4) is 11.1 Å². The van der Waals surface area contributed by atoms with Crippen LogP contribution in [0.1, 0.15) is 0 Å². The second-order valence-corrected chi connectivity index (χ2v) is 4.69. The van der Waals surface area contributed by atoms with Crippen molar-refractivity contribution < 1.29 is 9.90 Å². The van der Waals surface area contributed by atoms with E-state index in [2.05, 4.69) is 15.9 Å². The molecule has 2 aromatic rings. The van der Waals surface area contributed by atoms with E-state index in [1.807, 2.05) is 42.5 Å². The number of carbonyl (C=O) groups is 1. The molecule has 0 bridgehead atoms. The highest BCUT2D eigenvalue weighted by Crippen LogP contribution is 2.34. The van der Waals surface area contributed by atoms with Crippen LogP contribution >= 0.6 is 15.9 Å². The number of benzene rings is 2. The molecule has 4 heteroatoms. The molecule has 0 unspecified atom stereocenters. The summed E-state index contributed by atoms with van der Waals surface area (Å²) in [5.41, 5.74) is 2.52. The molecule has 0 saturated carbocycles. The first-order valence-electron chi connectivity index (χ1n) is 5.42. The van der Waals surface area contributed by atoms with E-state index in [0.717, 1.165) is 15.6 Å². The largest absolute Gasteiger partial charge is 0.465 e. The molecule has 0 saturated heterocycles. The summed E-state index contributed by atoms with van der Waals surface area (Å²) in [5.74, 6) is 0. The Hall–Kier alpha value is -1.81. The number of halogens is 1. The van der Waals surface area contributed by atoms with Gasteiger partial charge in [-0.2, -0.15) is 0 Å². The molecule has 0 aliphatic carbocycles. The Morgan fingerprint density at radius 1 is 1.06 bits per heavy atom. The minimum atomic E-state index is -0.977. The Labute approximate surface area is 114 Å². The molecule has 0 aliphatic heterocycles. The highest BCUT2D eigenvalue weighted by atomic mass is 79.9. The fourth-order valence-electron chi connectivity index (χ4n) is 1.78. The zero-order valence-corrected chi connectivity index (χ0v) is 11.4. The third-order valence-corrected chi connectivity index (χ3v) is 3.41. The Balaban J connectivity index is 2.59. The van der Waals surface area contributed by atoms with Crippen LogP contribution in [0, 0.1) is 0 Å². The van der Waals surface area contributed by atoms with Crippen LogP contribution in [0.15, 0.2) is 53.0 Å². The number of hydrogen-bond acceptors (Lipinski definition) is 1. The zero-order valence-electron chi connectivity index (χ0n) is 9.80. The average Bonchev–Trinajstić information content (AvgIpc) is 2.38. The Morgan fingerprint density at radius 2 is 1.61 bits per heavy atom. The molecule has 0 spiro atoms. The number of rotatable bonds is 2. The van der Waals surface area contributed by atoms with Gasteiger partial charge in [0.25, 0.3) is 0 Å². The maximum absolute atomic E-state index is 11.1. The van der Waals surface area contributed by atoms with Crippen molar-refractivity contribution in [2.24, 2.45) is 0 Å². The van der Waals surface area contributed by atoms with E-state index < -0.39 is 6.09 Å². The van der Waals surface area contributed by atoms with Crippen LogP contribution in [0.25, 0.3) is 11.1 Å². The van der Waals surface area contributed by atoms with Gasteiger partial charge < -0.3 is 5.11 Å². The molecule has 2 rings (SSSR count). The monoisotopic (exact) mass is 305 g/mol. The molecule has 2 aromatic carbocycles. The van der Waals surface area contributed by atoms with Gasteiger partial charge in [-0.25, -0.2) is 4.79 Å². The lowest BCUT2D eigenvalue weighted by atomic mass is 10.0. The van der Waals surface area contributed by atoms with Crippen LogP contribution in [0.4, 0.5) is 10.5 Å². The highest BCUT2D eigenvalue weighted by molar-refractivity contribution is 9.10. The van der Waals surface area contributed by atoms with Gasteiger partial charge in [0, 0.05) is 17.1 Å². The number of nitrogens with zero attached hydrogens (tertiary/aromatic N) is 1. The SMILES string of the molecule is CN(C(=O)O)c1ccccc1-c1ccccc1Br. The molecule has 1 amide bonds. The van der Waals surface area contributed by atoms with Gasteiger partial charge in [-0.1, -0.05) is 52.3 Å². The third kappa shape index (κ3) is 2.38. The zero-order chi connectivity index (χ0) is 13.1. The van der Waals surface area contributed by atoms with Crippen molar-refractivity contribution in [3.05, 3.63) is 53.0 Å². The molecule has 0 fully saturated rings. The second kappa shape index (κ2) is 5.23. The number of para-hydroxylation sites is 1. The number of amides is 1. The number of carboxylic acid groups (broad SMARTS) is 1. The maximum Gasteiger partial charge on any atom is 0.411 e. The van der Waals surface area contributed by atoms with E-state index in [1.54, 1.807) is 6.07 Å². The number of anilines is 1. The van der Waals surface area contributed by atoms with E-state index in [1.165, 1.54) is 11.9 Å². The normalized spacial score (nSPS) is 10.1. The summed E-state index contributed by atoms with van der Waals surface area (Å²) in [6, 6.07) is 15.2. The highest BCUT2D eigenvalue weighted by Gasteiger charge is 2.14. The lowest BCUT2D eigenvalue weighted by Crippen LogP contribution is -2.24. The summed E-state index contributed by atoms with van der Waals surface area (Å²) in [5, 5.41) is 9.09. The maximum atomic E-state index is 11.1. The third-order valence-electron chi connectivity index (χ3n) is 2.72. The summed E-state index contributed by atoms with van der Waals surface area (Å²) in [6.45, 7) is 0. The van der Waals surface area contributed by atoms with Gasteiger partial charge in [0.1, 0.15) is 0 Å². The first-order chi connectivity index (χ1) is 8.61. The van der Waals surface area contributed by atoms with Crippen LogP contribution < -0.4 is 4.90 Å². The molecule has 18 heavy (non-hydrogen) atoms. The summed E-state index contributed by atoms with van der Waals surface area (Å²) >= 11 is 3.49. The number of hydrogen-bond donors (Lipinski definition) is 1. The van der Waals surface area contributed by atoms with Gasteiger partial charge >= 0.3 is 6.09 Å². The van der Waals surface area contributed by atoms with E-state index in [-0.39, 0.29) is 0 Å². The topological polar surface area (TPSA) is 40.5 Å². The predicted octanol–water partition coefficient (Wildman–Crippen LogP) is 4.23. The van der Waals surface area contributed by atoms with E-state index in [0.29, 0.717) is 5.69 Å². The van der Waals surface area contributed by atoms with Gasteiger partial charge in [0.05, 0.1) is 5.69 Å². The fraction of sp³-hybridized carbons (Fsp3) is 0.0714. The molecule has 0 heterocycles. The minimum Gasteiger partial charge on any atom is -0.465 e. The van der Waals surface area contributed by atoms with Gasteiger partial charge in [0.15, 0.2) is 0 Å². The molecule has 3 nitrogen and oxygen atoms in total. The molecular weight excluding hydrogens is 294 g/mol.